The Bertz CT molecular complexity index is 689. The van der Waals surface area contributed by atoms with Crippen molar-refractivity contribution in [1.29, 1.82) is 0 Å². The van der Waals surface area contributed by atoms with Gasteiger partial charge in [-0.1, -0.05) is 25.1 Å². The molecule has 5 nitrogen and oxygen atoms in total. The van der Waals surface area contributed by atoms with Crippen molar-refractivity contribution < 1.29 is 14.3 Å². The zero-order chi connectivity index (χ0) is 16.1. The minimum absolute atomic E-state index is 0.304. The first-order valence-electron chi connectivity index (χ1n) is 7.19. The Morgan fingerprint density at radius 3 is 2.64 bits per heavy atom. The third kappa shape index (κ3) is 3.55. The summed E-state index contributed by atoms with van der Waals surface area (Å²) in [5, 5.41) is 2.82. The Hall–Kier alpha value is -2.56. The highest BCUT2D eigenvalue weighted by Crippen LogP contribution is 2.20. The molecule has 0 aliphatic heterocycles. The van der Waals surface area contributed by atoms with E-state index >= 15 is 0 Å². The molecule has 5 heteroatoms. The van der Waals surface area contributed by atoms with Gasteiger partial charge in [-0.05, 0) is 36.6 Å². The van der Waals surface area contributed by atoms with Gasteiger partial charge in [0.05, 0.1) is 0 Å². The third-order valence-corrected chi connectivity index (χ3v) is 3.49. The number of ether oxygens (including phenoxy) is 1. The Balaban J connectivity index is 1.97. The largest absolute Gasteiger partial charge is 0.451 e. The van der Waals surface area contributed by atoms with Crippen LogP contribution >= 0.6 is 0 Å². The van der Waals surface area contributed by atoms with E-state index in [0.29, 0.717) is 5.69 Å². The van der Waals surface area contributed by atoms with Crippen LogP contribution in [0.15, 0.2) is 36.5 Å². The number of hydrogen-bond acceptors (Lipinski definition) is 3. The monoisotopic (exact) mass is 300 g/mol. The van der Waals surface area contributed by atoms with Gasteiger partial charge in [0.1, 0.15) is 5.69 Å². The predicted octanol–water partition coefficient (Wildman–Crippen LogP) is 2.69. The van der Waals surface area contributed by atoms with E-state index in [2.05, 4.69) is 5.32 Å². The molecule has 0 radical (unpaired) electrons. The number of anilines is 1. The SMILES string of the molecule is CCc1cccc(C)c1NC(=O)COC(=O)c1cccn1C. The zero-order valence-corrected chi connectivity index (χ0v) is 13.1. The number of hydrogen-bond donors (Lipinski definition) is 1. The first kappa shape index (κ1) is 15.8. The molecule has 1 aromatic heterocycles. The molecule has 0 aliphatic carbocycles. The maximum Gasteiger partial charge on any atom is 0.355 e. The molecular formula is C17H20N2O3. The van der Waals surface area contributed by atoms with E-state index in [-0.39, 0.29) is 12.5 Å². The van der Waals surface area contributed by atoms with Crippen molar-refractivity contribution in [1.82, 2.24) is 4.57 Å². The second kappa shape index (κ2) is 6.93. The molecule has 0 unspecified atom stereocenters. The van der Waals surface area contributed by atoms with Crippen molar-refractivity contribution in [2.24, 2.45) is 7.05 Å². The third-order valence-electron chi connectivity index (χ3n) is 3.49. The number of esters is 1. The van der Waals surface area contributed by atoms with Crippen LogP contribution in [0.4, 0.5) is 5.69 Å². The summed E-state index contributed by atoms with van der Waals surface area (Å²) in [4.78, 5) is 23.8. The number of nitrogens with one attached hydrogen (secondary N) is 1. The van der Waals surface area contributed by atoms with Crippen LogP contribution in [0.1, 0.15) is 28.5 Å². The van der Waals surface area contributed by atoms with E-state index < -0.39 is 5.97 Å². The van der Waals surface area contributed by atoms with Crippen LogP contribution in [0.25, 0.3) is 0 Å². The van der Waals surface area contributed by atoms with E-state index in [9.17, 15) is 9.59 Å². The topological polar surface area (TPSA) is 60.3 Å². The van der Waals surface area contributed by atoms with E-state index in [1.165, 1.54) is 0 Å². The fourth-order valence-electron chi connectivity index (χ4n) is 2.26. The lowest BCUT2D eigenvalue weighted by Crippen LogP contribution is -2.22. The minimum atomic E-state index is -0.511. The molecule has 2 aromatic rings. The molecule has 0 saturated carbocycles. The van der Waals surface area contributed by atoms with Crippen molar-refractivity contribution in [2.45, 2.75) is 20.3 Å². The lowest BCUT2D eigenvalue weighted by molar-refractivity contribution is -0.119. The number of amides is 1. The Morgan fingerprint density at radius 2 is 2.00 bits per heavy atom. The van der Waals surface area contributed by atoms with E-state index in [1.54, 1.807) is 29.9 Å². The fourth-order valence-corrected chi connectivity index (χ4v) is 2.26. The number of nitrogens with zero attached hydrogens (tertiary/aromatic N) is 1. The Kier molecular flexibility index (Phi) is 4.99. The Labute approximate surface area is 129 Å². The number of aromatic nitrogens is 1. The lowest BCUT2D eigenvalue weighted by atomic mass is 10.1. The second-order valence-corrected chi connectivity index (χ2v) is 5.09. The molecule has 2 rings (SSSR count). The van der Waals surface area contributed by atoms with Gasteiger partial charge in [-0.3, -0.25) is 4.79 Å². The summed E-state index contributed by atoms with van der Waals surface area (Å²) in [5.41, 5.74) is 3.26. The van der Waals surface area contributed by atoms with Gasteiger partial charge in [-0.15, -0.1) is 0 Å². The predicted molar refractivity (Wildman–Crippen MR) is 84.9 cm³/mol. The van der Waals surface area contributed by atoms with Crippen LogP contribution in [0.5, 0.6) is 0 Å². The highest BCUT2D eigenvalue weighted by Gasteiger charge is 2.14. The van der Waals surface area contributed by atoms with E-state index in [1.807, 2.05) is 32.0 Å². The number of rotatable bonds is 5. The van der Waals surface area contributed by atoms with Gasteiger partial charge in [0.2, 0.25) is 0 Å². The van der Waals surface area contributed by atoms with Gasteiger partial charge in [-0.2, -0.15) is 0 Å². The molecule has 1 aromatic carbocycles. The maximum absolute atomic E-state index is 12.0. The van der Waals surface area contributed by atoms with Crippen LogP contribution in [0, 0.1) is 6.92 Å². The maximum atomic E-state index is 12.0. The lowest BCUT2D eigenvalue weighted by Gasteiger charge is -2.13. The summed E-state index contributed by atoms with van der Waals surface area (Å²) in [7, 11) is 1.75. The number of aryl methyl sites for hydroxylation is 3. The van der Waals surface area contributed by atoms with Gasteiger partial charge in [0.25, 0.3) is 5.91 Å². The molecule has 116 valence electrons. The average Bonchev–Trinajstić information content (AvgIpc) is 2.93. The molecule has 1 amide bonds. The molecule has 1 N–H and O–H groups in total. The smallest absolute Gasteiger partial charge is 0.355 e. The van der Waals surface area contributed by atoms with Crippen molar-refractivity contribution in [3.63, 3.8) is 0 Å². The van der Waals surface area contributed by atoms with Crippen molar-refractivity contribution in [3.8, 4) is 0 Å². The summed E-state index contributed by atoms with van der Waals surface area (Å²) in [5.74, 6) is -0.852. The highest BCUT2D eigenvalue weighted by atomic mass is 16.5. The second-order valence-electron chi connectivity index (χ2n) is 5.09. The van der Waals surface area contributed by atoms with Crippen molar-refractivity contribution >= 4 is 17.6 Å². The van der Waals surface area contributed by atoms with Gasteiger partial charge in [0, 0.05) is 18.9 Å². The molecule has 0 fully saturated rings. The number of carbonyl (C=O) groups is 2. The quantitative estimate of drug-likeness (QED) is 0.864. The highest BCUT2D eigenvalue weighted by molar-refractivity contribution is 5.96. The summed E-state index contributed by atoms with van der Waals surface area (Å²) in [6.07, 6.45) is 2.57. The van der Waals surface area contributed by atoms with Crippen molar-refractivity contribution in [2.75, 3.05) is 11.9 Å². The normalized spacial score (nSPS) is 10.3. The van der Waals surface area contributed by atoms with E-state index in [0.717, 1.165) is 23.2 Å². The standard InChI is InChI=1S/C17H20N2O3/c1-4-13-8-5-7-12(2)16(13)18-15(20)11-22-17(21)14-9-6-10-19(14)3/h5-10H,4,11H2,1-3H3,(H,18,20). The van der Waals surface area contributed by atoms with Crippen LogP contribution < -0.4 is 5.32 Å². The van der Waals surface area contributed by atoms with E-state index in [4.69, 9.17) is 4.74 Å². The van der Waals surface area contributed by atoms with Crippen LogP contribution in [-0.4, -0.2) is 23.1 Å². The summed E-state index contributed by atoms with van der Waals surface area (Å²) < 4.78 is 6.69. The molecular weight excluding hydrogens is 280 g/mol. The number of carbonyl (C=O) groups excluding carboxylic acids is 2. The molecule has 0 aliphatic rings. The number of para-hydroxylation sites is 1. The average molecular weight is 300 g/mol. The Morgan fingerprint density at radius 1 is 1.23 bits per heavy atom. The van der Waals surface area contributed by atoms with Crippen molar-refractivity contribution in [3.05, 3.63) is 53.3 Å². The molecule has 1 heterocycles. The number of benzene rings is 1. The molecule has 0 spiro atoms. The summed E-state index contributed by atoms with van der Waals surface area (Å²) in [6.45, 7) is 3.66. The molecule has 0 atom stereocenters. The first-order valence-corrected chi connectivity index (χ1v) is 7.19. The van der Waals surface area contributed by atoms with Gasteiger partial charge >= 0.3 is 5.97 Å². The summed E-state index contributed by atoms with van der Waals surface area (Å²) >= 11 is 0. The molecule has 22 heavy (non-hydrogen) atoms. The zero-order valence-electron chi connectivity index (χ0n) is 13.1. The molecule has 0 bridgehead atoms. The van der Waals surface area contributed by atoms with Crippen LogP contribution in [0.2, 0.25) is 0 Å². The first-order chi connectivity index (χ1) is 10.5. The minimum Gasteiger partial charge on any atom is -0.451 e. The molecule has 0 saturated heterocycles. The van der Waals surface area contributed by atoms with Gasteiger partial charge in [0.15, 0.2) is 6.61 Å². The van der Waals surface area contributed by atoms with Gasteiger partial charge < -0.3 is 14.6 Å². The fraction of sp³-hybridized carbons (Fsp3) is 0.294. The van der Waals surface area contributed by atoms with Crippen LogP contribution in [-0.2, 0) is 23.0 Å². The summed E-state index contributed by atoms with van der Waals surface area (Å²) in [6, 6.07) is 9.26. The van der Waals surface area contributed by atoms with Gasteiger partial charge in [-0.25, -0.2) is 4.79 Å². The van der Waals surface area contributed by atoms with Crippen LogP contribution in [0.3, 0.4) is 0 Å².